The third kappa shape index (κ3) is 5.31. The Balaban J connectivity index is 2.05. The molecule has 0 aromatic heterocycles. The number of hydrogen-bond donors (Lipinski definition) is 2. The van der Waals surface area contributed by atoms with E-state index in [-0.39, 0.29) is 4.90 Å². The van der Waals surface area contributed by atoms with Crippen molar-refractivity contribution in [1.29, 1.82) is 0 Å². The number of aliphatic carboxylic acids is 1. The van der Waals surface area contributed by atoms with Crippen LogP contribution in [0, 0.1) is 5.41 Å². The summed E-state index contributed by atoms with van der Waals surface area (Å²) in [6, 6.07) is 13.3. The van der Waals surface area contributed by atoms with Gasteiger partial charge in [0.05, 0.1) is 10.3 Å². The lowest BCUT2D eigenvalue weighted by Crippen LogP contribution is -2.24. The molecule has 2 rings (SSSR count). The first-order chi connectivity index (χ1) is 11.6. The Kier molecular flexibility index (Phi) is 5.90. The van der Waals surface area contributed by atoms with Gasteiger partial charge in [0.2, 0.25) is 0 Å². The SMILES string of the molecule is CC(C)(CCc1ccc(NS(=O)(=O)c2ccc(Br)cc2)cc1)C(=O)O. The lowest BCUT2D eigenvalue weighted by Gasteiger charge is -2.18. The lowest BCUT2D eigenvalue weighted by molar-refractivity contribution is -0.147. The van der Waals surface area contributed by atoms with Crippen molar-refractivity contribution in [3.05, 3.63) is 58.6 Å². The molecule has 7 heteroatoms. The van der Waals surface area contributed by atoms with E-state index in [4.69, 9.17) is 5.11 Å². The van der Waals surface area contributed by atoms with Crippen molar-refractivity contribution >= 4 is 37.6 Å². The molecule has 25 heavy (non-hydrogen) atoms. The second-order valence-electron chi connectivity index (χ2n) is 6.45. The Labute approximate surface area is 156 Å². The Morgan fingerprint density at radius 2 is 1.64 bits per heavy atom. The number of carboxylic acids is 1. The molecule has 0 bridgehead atoms. The average Bonchev–Trinajstić information content (AvgIpc) is 2.54. The van der Waals surface area contributed by atoms with Crippen molar-refractivity contribution < 1.29 is 18.3 Å². The number of nitrogens with one attached hydrogen (secondary N) is 1. The van der Waals surface area contributed by atoms with Gasteiger partial charge in [-0.05, 0) is 68.7 Å². The monoisotopic (exact) mass is 425 g/mol. The molecule has 0 aliphatic carbocycles. The summed E-state index contributed by atoms with van der Waals surface area (Å²) >= 11 is 3.27. The molecule has 0 aliphatic heterocycles. The summed E-state index contributed by atoms with van der Waals surface area (Å²) in [5.41, 5.74) is 0.632. The molecular weight excluding hydrogens is 406 g/mol. The van der Waals surface area contributed by atoms with Crippen LogP contribution in [0.15, 0.2) is 57.9 Å². The molecule has 0 fully saturated rings. The second-order valence-corrected chi connectivity index (χ2v) is 9.04. The third-order valence-corrected chi connectivity index (χ3v) is 5.87. The number of hydrogen-bond acceptors (Lipinski definition) is 3. The molecule has 0 saturated heterocycles. The molecule has 0 amide bonds. The summed E-state index contributed by atoms with van der Waals surface area (Å²) in [5, 5.41) is 9.14. The van der Waals surface area contributed by atoms with E-state index in [0.29, 0.717) is 18.5 Å². The number of aryl methyl sites for hydroxylation is 1. The number of benzene rings is 2. The minimum Gasteiger partial charge on any atom is -0.481 e. The van der Waals surface area contributed by atoms with Gasteiger partial charge in [0.25, 0.3) is 10.0 Å². The largest absolute Gasteiger partial charge is 0.481 e. The minimum atomic E-state index is -3.64. The quantitative estimate of drug-likeness (QED) is 0.692. The van der Waals surface area contributed by atoms with E-state index in [9.17, 15) is 13.2 Å². The number of carboxylic acid groups (broad SMARTS) is 1. The molecular formula is C18H20BrNO4S. The fraction of sp³-hybridized carbons (Fsp3) is 0.278. The Morgan fingerprint density at radius 3 is 2.16 bits per heavy atom. The van der Waals surface area contributed by atoms with E-state index in [1.165, 1.54) is 12.1 Å². The van der Waals surface area contributed by atoms with Gasteiger partial charge < -0.3 is 5.11 Å². The van der Waals surface area contributed by atoms with Gasteiger partial charge in [-0.15, -0.1) is 0 Å². The highest BCUT2D eigenvalue weighted by atomic mass is 79.9. The summed E-state index contributed by atoms with van der Waals surface area (Å²) in [7, 11) is -3.64. The molecule has 2 aromatic carbocycles. The first kappa shape index (κ1) is 19.5. The van der Waals surface area contributed by atoms with Crippen LogP contribution in [0.4, 0.5) is 5.69 Å². The van der Waals surface area contributed by atoms with Crippen LogP contribution in [0.2, 0.25) is 0 Å². The number of rotatable bonds is 7. The van der Waals surface area contributed by atoms with Crippen LogP contribution in [0.1, 0.15) is 25.8 Å². The fourth-order valence-corrected chi connectivity index (χ4v) is 3.45. The van der Waals surface area contributed by atoms with Gasteiger partial charge in [-0.3, -0.25) is 9.52 Å². The number of halogens is 1. The molecule has 0 heterocycles. The molecule has 0 atom stereocenters. The number of anilines is 1. The molecule has 5 nitrogen and oxygen atoms in total. The predicted molar refractivity (Wildman–Crippen MR) is 101 cm³/mol. The van der Waals surface area contributed by atoms with Gasteiger partial charge >= 0.3 is 5.97 Å². The van der Waals surface area contributed by atoms with Crippen LogP contribution < -0.4 is 4.72 Å². The van der Waals surface area contributed by atoms with Crippen molar-refractivity contribution in [2.45, 2.75) is 31.6 Å². The van der Waals surface area contributed by atoms with Crippen molar-refractivity contribution in [3.63, 3.8) is 0 Å². The molecule has 2 aromatic rings. The summed E-state index contributed by atoms with van der Waals surface area (Å²) in [6.07, 6.45) is 1.12. The van der Waals surface area contributed by atoms with Crippen LogP contribution in [0.25, 0.3) is 0 Å². The topological polar surface area (TPSA) is 83.5 Å². The highest BCUT2D eigenvalue weighted by molar-refractivity contribution is 9.10. The van der Waals surface area contributed by atoms with Crippen LogP contribution in [0.5, 0.6) is 0 Å². The Morgan fingerprint density at radius 1 is 1.08 bits per heavy atom. The summed E-state index contributed by atoms with van der Waals surface area (Å²) < 4.78 is 28.0. The maximum absolute atomic E-state index is 12.3. The van der Waals surface area contributed by atoms with Crippen LogP contribution in [-0.4, -0.2) is 19.5 Å². The van der Waals surface area contributed by atoms with E-state index in [1.807, 2.05) is 0 Å². The zero-order valence-corrected chi connectivity index (χ0v) is 16.4. The van der Waals surface area contributed by atoms with Gasteiger partial charge in [0, 0.05) is 10.2 Å². The molecule has 0 aliphatic rings. The molecule has 2 N–H and O–H groups in total. The van der Waals surface area contributed by atoms with E-state index in [0.717, 1.165) is 10.0 Å². The van der Waals surface area contributed by atoms with Gasteiger partial charge in [0.1, 0.15) is 0 Å². The minimum absolute atomic E-state index is 0.183. The predicted octanol–water partition coefficient (Wildman–Crippen LogP) is 4.29. The first-order valence-corrected chi connectivity index (χ1v) is 9.98. The summed E-state index contributed by atoms with van der Waals surface area (Å²) in [5.74, 6) is -0.827. The lowest BCUT2D eigenvalue weighted by atomic mass is 9.86. The van der Waals surface area contributed by atoms with Crippen molar-refractivity contribution in [2.75, 3.05) is 4.72 Å². The van der Waals surface area contributed by atoms with Gasteiger partial charge in [0.15, 0.2) is 0 Å². The standard InChI is InChI=1S/C18H20BrNO4S/c1-18(2,17(21)22)12-11-13-3-7-15(8-4-13)20-25(23,24)16-9-5-14(19)6-10-16/h3-10,20H,11-12H2,1-2H3,(H,21,22). The van der Waals surface area contributed by atoms with E-state index >= 15 is 0 Å². The molecule has 134 valence electrons. The molecule has 0 saturated carbocycles. The van der Waals surface area contributed by atoms with E-state index < -0.39 is 21.4 Å². The number of carbonyl (C=O) groups is 1. The average molecular weight is 426 g/mol. The second kappa shape index (κ2) is 7.58. The molecule has 0 spiro atoms. The van der Waals surface area contributed by atoms with Crippen LogP contribution >= 0.6 is 15.9 Å². The highest BCUT2D eigenvalue weighted by Crippen LogP contribution is 2.24. The van der Waals surface area contributed by atoms with Gasteiger partial charge in [-0.2, -0.15) is 0 Å². The smallest absolute Gasteiger partial charge is 0.309 e. The third-order valence-electron chi connectivity index (χ3n) is 3.95. The number of sulfonamides is 1. The zero-order chi connectivity index (χ0) is 18.7. The maximum Gasteiger partial charge on any atom is 0.309 e. The van der Waals surface area contributed by atoms with Gasteiger partial charge in [-0.1, -0.05) is 28.1 Å². The fourth-order valence-electron chi connectivity index (χ4n) is 2.13. The normalized spacial score (nSPS) is 12.0. The molecule has 0 unspecified atom stereocenters. The highest BCUT2D eigenvalue weighted by Gasteiger charge is 2.26. The first-order valence-electron chi connectivity index (χ1n) is 7.71. The van der Waals surface area contributed by atoms with E-state index in [2.05, 4.69) is 20.7 Å². The zero-order valence-electron chi connectivity index (χ0n) is 14.0. The maximum atomic E-state index is 12.3. The van der Waals surface area contributed by atoms with Gasteiger partial charge in [-0.25, -0.2) is 8.42 Å². The van der Waals surface area contributed by atoms with Crippen molar-refractivity contribution in [2.24, 2.45) is 5.41 Å². The van der Waals surface area contributed by atoms with Crippen molar-refractivity contribution in [3.8, 4) is 0 Å². The summed E-state index contributed by atoms with van der Waals surface area (Å²) in [6.45, 7) is 3.38. The van der Waals surface area contributed by atoms with Crippen molar-refractivity contribution in [1.82, 2.24) is 0 Å². The Bertz CT molecular complexity index is 844. The summed E-state index contributed by atoms with van der Waals surface area (Å²) in [4.78, 5) is 11.3. The van der Waals surface area contributed by atoms with E-state index in [1.54, 1.807) is 50.2 Å². The molecule has 0 radical (unpaired) electrons. The van der Waals surface area contributed by atoms with Crippen LogP contribution in [0.3, 0.4) is 0 Å². The van der Waals surface area contributed by atoms with Crippen LogP contribution in [-0.2, 0) is 21.2 Å². The Hall–Kier alpha value is -1.86.